The van der Waals surface area contributed by atoms with Crippen LogP contribution in [-0.2, 0) is 25.1 Å². The quantitative estimate of drug-likeness (QED) is 0.281. The zero-order chi connectivity index (χ0) is 24.8. The molecule has 10 heteroatoms. The average Bonchev–Trinajstić information content (AvgIpc) is 3.43. The standard InChI is InChI=1S/C25H22F3N3O3S/c26-25(27,28)24(32,16-29-10-8-23-18(14-29)9-11-35-23)21-15-30(13-17-4-2-1-3-5-17)22-12-19(31(33)34)6-7-20(21)22/h1-7,9,11-12,15,32H,8,10,13-14,16H2. The number of nitro benzene ring substituents is 1. The summed E-state index contributed by atoms with van der Waals surface area (Å²) in [5.74, 6) is 0. The Morgan fingerprint density at radius 2 is 1.89 bits per heavy atom. The lowest BCUT2D eigenvalue weighted by atomic mass is 9.91. The smallest absolute Gasteiger partial charge is 0.375 e. The van der Waals surface area contributed by atoms with Gasteiger partial charge in [-0.25, -0.2) is 0 Å². The van der Waals surface area contributed by atoms with Gasteiger partial charge in [-0.2, -0.15) is 13.2 Å². The highest BCUT2D eigenvalue weighted by molar-refractivity contribution is 7.10. The molecule has 6 nitrogen and oxygen atoms in total. The van der Waals surface area contributed by atoms with Crippen molar-refractivity contribution in [1.82, 2.24) is 9.47 Å². The van der Waals surface area contributed by atoms with Crippen LogP contribution < -0.4 is 0 Å². The number of non-ortho nitro benzene ring substituents is 1. The maximum Gasteiger partial charge on any atom is 0.422 e. The van der Waals surface area contributed by atoms with Gasteiger partial charge >= 0.3 is 6.18 Å². The lowest BCUT2D eigenvalue weighted by molar-refractivity contribution is -0.384. The maximum atomic E-state index is 14.6. The molecule has 0 radical (unpaired) electrons. The highest BCUT2D eigenvalue weighted by Gasteiger charge is 2.57. The Morgan fingerprint density at radius 3 is 2.60 bits per heavy atom. The number of aliphatic hydroxyl groups is 1. The predicted octanol–water partition coefficient (Wildman–Crippen LogP) is 5.47. The summed E-state index contributed by atoms with van der Waals surface area (Å²) in [4.78, 5) is 13.6. The second-order valence-corrected chi connectivity index (χ2v) is 9.80. The van der Waals surface area contributed by atoms with E-state index < -0.39 is 23.2 Å². The summed E-state index contributed by atoms with van der Waals surface area (Å²) < 4.78 is 45.2. The number of β-amino-alcohol motifs (C(OH)–C–C–N with tert-alkyl or cyclic N) is 1. The molecule has 3 heterocycles. The number of fused-ring (bicyclic) bond motifs is 2. The fourth-order valence-electron chi connectivity index (χ4n) is 4.73. The molecule has 0 fully saturated rings. The average molecular weight is 502 g/mol. The molecular weight excluding hydrogens is 479 g/mol. The monoisotopic (exact) mass is 501 g/mol. The van der Waals surface area contributed by atoms with E-state index in [0.29, 0.717) is 19.5 Å². The van der Waals surface area contributed by atoms with E-state index in [4.69, 9.17) is 0 Å². The van der Waals surface area contributed by atoms with Crippen LogP contribution in [0, 0.1) is 10.1 Å². The van der Waals surface area contributed by atoms with Crippen LogP contribution in [0.1, 0.15) is 21.6 Å². The number of hydrogen-bond acceptors (Lipinski definition) is 5. The van der Waals surface area contributed by atoms with Crippen molar-refractivity contribution in [2.45, 2.75) is 31.3 Å². The predicted molar refractivity (Wildman–Crippen MR) is 127 cm³/mol. The van der Waals surface area contributed by atoms with Crippen LogP contribution in [0.3, 0.4) is 0 Å². The second kappa shape index (κ2) is 8.78. The summed E-state index contributed by atoms with van der Waals surface area (Å²) in [5, 5.41) is 24.8. The number of halogens is 3. The highest BCUT2D eigenvalue weighted by Crippen LogP contribution is 2.44. The number of benzene rings is 2. The first-order valence-electron chi connectivity index (χ1n) is 11.0. The highest BCUT2D eigenvalue weighted by atomic mass is 32.1. The van der Waals surface area contributed by atoms with Gasteiger partial charge in [0.05, 0.1) is 10.4 Å². The number of aromatic nitrogens is 1. The third kappa shape index (κ3) is 4.33. The summed E-state index contributed by atoms with van der Waals surface area (Å²) >= 11 is 1.59. The minimum absolute atomic E-state index is 0.139. The van der Waals surface area contributed by atoms with Crippen LogP contribution in [0.5, 0.6) is 0 Å². The topological polar surface area (TPSA) is 71.5 Å². The second-order valence-electron chi connectivity index (χ2n) is 8.80. The van der Waals surface area contributed by atoms with Crippen molar-refractivity contribution in [3.05, 3.63) is 97.9 Å². The molecular formula is C25H22F3N3O3S. The minimum Gasteiger partial charge on any atom is -0.375 e. The van der Waals surface area contributed by atoms with Gasteiger partial charge in [0.2, 0.25) is 5.60 Å². The summed E-state index contributed by atoms with van der Waals surface area (Å²) in [7, 11) is 0. The number of rotatable bonds is 6. The molecule has 0 saturated heterocycles. The molecule has 0 saturated carbocycles. The third-order valence-corrected chi connectivity index (χ3v) is 7.55. The third-order valence-electron chi connectivity index (χ3n) is 6.53. The maximum absolute atomic E-state index is 14.6. The van der Waals surface area contributed by atoms with Gasteiger partial charge in [0.15, 0.2) is 0 Å². The largest absolute Gasteiger partial charge is 0.422 e. The Bertz CT molecular complexity index is 1380. The lowest BCUT2D eigenvalue weighted by Crippen LogP contribution is -2.51. The molecule has 1 unspecified atom stereocenters. The molecule has 1 aliphatic heterocycles. The van der Waals surface area contributed by atoms with Crippen LogP contribution in [0.2, 0.25) is 0 Å². The number of nitrogens with zero attached hydrogens (tertiary/aromatic N) is 3. The summed E-state index contributed by atoms with van der Waals surface area (Å²) in [6.07, 6.45) is -3.05. The van der Waals surface area contributed by atoms with Crippen molar-refractivity contribution in [2.24, 2.45) is 0 Å². The Morgan fingerprint density at radius 1 is 1.11 bits per heavy atom. The molecule has 182 valence electrons. The molecule has 35 heavy (non-hydrogen) atoms. The van der Waals surface area contributed by atoms with Crippen LogP contribution in [0.15, 0.2) is 66.2 Å². The Labute approximate surface area is 203 Å². The Balaban J connectivity index is 1.61. The van der Waals surface area contributed by atoms with Gasteiger partial charge in [-0.05, 0) is 35.1 Å². The van der Waals surface area contributed by atoms with E-state index >= 15 is 0 Å². The van der Waals surface area contributed by atoms with Crippen LogP contribution >= 0.6 is 11.3 Å². The molecule has 1 aliphatic rings. The van der Waals surface area contributed by atoms with Gasteiger partial charge in [-0.3, -0.25) is 15.0 Å². The van der Waals surface area contributed by atoms with Crippen molar-refractivity contribution < 1.29 is 23.2 Å². The molecule has 5 rings (SSSR count). The summed E-state index contributed by atoms with van der Waals surface area (Å²) in [6.45, 7) is 0.299. The van der Waals surface area contributed by atoms with E-state index in [9.17, 15) is 28.4 Å². The van der Waals surface area contributed by atoms with Gasteiger partial charge in [0, 0.05) is 60.3 Å². The van der Waals surface area contributed by atoms with Gasteiger partial charge in [0.25, 0.3) is 5.69 Å². The number of thiophene rings is 1. The van der Waals surface area contributed by atoms with E-state index in [0.717, 1.165) is 16.0 Å². The van der Waals surface area contributed by atoms with E-state index in [2.05, 4.69) is 0 Å². The summed E-state index contributed by atoms with van der Waals surface area (Å²) in [5.41, 5.74) is -1.63. The zero-order valence-corrected chi connectivity index (χ0v) is 19.4. The van der Waals surface area contributed by atoms with E-state index in [1.165, 1.54) is 29.0 Å². The molecule has 0 amide bonds. The number of alkyl halides is 3. The molecule has 2 aromatic heterocycles. The lowest BCUT2D eigenvalue weighted by Gasteiger charge is -2.37. The van der Waals surface area contributed by atoms with Crippen LogP contribution in [0.25, 0.3) is 10.9 Å². The molecule has 1 atom stereocenters. The van der Waals surface area contributed by atoms with Gasteiger partial charge in [0.1, 0.15) is 0 Å². The summed E-state index contributed by atoms with van der Waals surface area (Å²) in [6, 6.07) is 14.7. The molecule has 0 spiro atoms. The van der Waals surface area contributed by atoms with Gasteiger partial charge in [-0.1, -0.05) is 30.3 Å². The van der Waals surface area contributed by atoms with Crippen molar-refractivity contribution >= 4 is 27.9 Å². The Kier molecular flexibility index (Phi) is 5.90. The zero-order valence-electron chi connectivity index (χ0n) is 18.5. The van der Waals surface area contributed by atoms with E-state index in [1.54, 1.807) is 16.2 Å². The van der Waals surface area contributed by atoms with E-state index in [-0.39, 0.29) is 28.7 Å². The fourth-order valence-corrected chi connectivity index (χ4v) is 5.62. The molecule has 0 aliphatic carbocycles. The number of nitro groups is 1. The molecule has 1 N–H and O–H groups in total. The van der Waals surface area contributed by atoms with Crippen LogP contribution in [-0.4, -0.2) is 38.8 Å². The molecule has 0 bridgehead atoms. The van der Waals surface area contributed by atoms with Crippen LogP contribution in [0.4, 0.5) is 18.9 Å². The van der Waals surface area contributed by atoms with Crippen molar-refractivity contribution in [3.63, 3.8) is 0 Å². The first-order chi connectivity index (χ1) is 16.7. The first-order valence-corrected chi connectivity index (χ1v) is 11.9. The van der Waals surface area contributed by atoms with E-state index in [1.807, 2.05) is 41.8 Å². The van der Waals surface area contributed by atoms with Gasteiger partial charge < -0.3 is 9.67 Å². The normalized spacial score (nSPS) is 16.2. The molecule has 2 aromatic carbocycles. The molecule has 4 aromatic rings. The van der Waals surface area contributed by atoms with Gasteiger partial charge in [-0.15, -0.1) is 11.3 Å². The SMILES string of the molecule is O=[N+]([O-])c1ccc2c(C(O)(CN3CCc4sccc4C3)C(F)(F)F)cn(Cc3ccccc3)c2c1. The number of hydrogen-bond donors (Lipinski definition) is 1. The first kappa shape index (κ1) is 23.5. The van der Waals surface area contributed by atoms with Crippen molar-refractivity contribution in [3.8, 4) is 0 Å². The van der Waals surface area contributed by atoms with Crippen molar-refractivity contribution in [1.29, 1.82) is 0 Å². The minimum atomic E-state index is -4.96. The van der Waals surface area contributed by atoms with Crippen molar-refractivity contribution in [2.75, 3.05) is 13.1 Å². The Hall–Kier alpha value is -3.21. The fraction of sp³-hybridized carbons (Fsp3) is 0.280.